The highest BCUT2D eigenvalue weighted by molar-refractivity contribution is 8.15. The number of ether oxygens (including phenoxy) is 1. The van der Waals surface area contributed by atoms with Crippen molar-refractivity contribution in [2.45, 2.75) is 38.0 Å². The molecule has 0 aromatic heterocycles. The fourth-order valence-electron chi connectivity index (χ4n) is 4.34. The number of aliphatic imine (C=N–C) groups is 1. The van der Waals surface area contributed by atoms with Gasteiger partial charge in [0.15, 0.2) is 5.17 Å². The molecule has 3 aromatic carbocycles. The number of hydrogen-bond acceptors (Lipinski definition) is 6. The van der Waals surface area contributed by atoms with E-state index in [1.54, 1.807) is 24.3 Å². The van der Waals surface area contributed by atoms with Crippen LogP contribution in [0.5, 0.6) is 5.75 Å². The molecule has 3 aromatic rings. The summed E-state index contributed by atoms with van der Waals surface area (Å²) in [5, 5.41) is 10.1. The fourth-order valence-corrected chi connectivity index (χ4v) is 5.53. The number of halogens is 1. The first kappa shape index (κ1) is 26.0. The minimum Gasteiger partial charge on any atom is -0.494 e. The number of anilines is 1. The SMILES string of the molecule is CCOc1ccc(NC(=O)C[C@H]2SC(N3N=C(c4ccc(Cl)cc4)C[C@H]3c3ccc(C)cc3)=NC2=O)cc1. The fraction of sp³-hybridized carbons (Fsp3) is 0.241. The van der Waals surface area contributed by atoms with E-state index in [9.17, 15) is 9.59 Å². The van der Waals surface area contributed by atoms with Gasteiger partial charge in [-0.15, -0.1) is 0 Å². The minimum absolute atomic E-state index is 0.0144. The number of benzene rings is 3. The Hall–Kier alpha value is -3.62. The summed E-state index contributed by atoms with van der Waals surface area (Å²) in [7, 11) is 0. The Bertz CT molecular complexity index is 1390. The molecule has 0 aliphatic carbocycles. The molecule has 0 fully saturated rings. The molecule has 0 saturated heterocycles. The molecule has 2 atom stereocenters. The maximum absolute atomic E-state index is 12.8. The maximum atomic E-state index is 12.8. The third kappa shape index (κ3) is 5.92. The first-order valence-corrected chi connectivity index (χ1v) is 13.7. The molecule has 2 heterocycles. The van der Waals surface area contributed by atoms with Gasteiger partial charge in [0.2, 0.25) is 5.91 Å². The van der Waals surface area contributed by atoms with Gasteiger partial charge in [0, 0.05) is 23.6 Å². The Kier molecular flexibility index (Phi) is 7.81. The zero-order valence-corrected chi connectivity index (χ0v) is 22.6. The van der Waals surface area contributed by atoms with Gasteiger partial charge in [-0.05, 0) is 61.4 Å². The van der Waals surface area contributed by atoms with Gasteiger partial charge >= 0.3 is 0 Å². The second-order valence-electron chi connectivity index (χ2n) is 9.08. The van der Waals surface area contributed by atoms with Crippen molar-refractivity contribution in [3.8, 4) is 5.75 Å². The van der Waals surface area contributed by atoms with Crippen molar-refractivity contribution in [1.29, 1.82) is 0 Å². The molecular weight excluding hydrogens is 520 g/mol. The van der Waals surface area contributed by atoms with Crippen LogP contribution in [0.15, 0.2) is 82.9 Å². The van der Waals surface area contributed by atoms with Gasteiger partial charge in [0.25, 0.3) is 5.91 Å². The van der Waals surface area contributed by atoms with Crippen LogP contribution in [0.2, 0.25) is 5.02 Å². The van der Waals surface area contributed by atoms with Gasteiger partial charge in [0.05, 0.1) is 18.4 Å². The predicted molar refractivity (Wildman–Crippen MR) is 153 cm³/mol. The molecular formula is C29H27ClN4O3S. The highest BCUT2D eigenvalue weighted by Gasteiger charge is 2.39. The Morgan fingerprint density at radius 2 is 1.79 bits per heavy atom. The standard InChI is InChI=1S/C29H27ClN4O3S/c1-3-37-23-14-12-22(13-15-23)31-27(35)17-26-28(36)32-29(38-26)34-25(20-6-4-18(2)5-7-20)16-24(33-34)19-8-10-21(30)11-9-19/h4-15,25-26H,3,16-17H2,1-2H3,(H,31,35)/t25-,26+/m0/s1. The molecule has 0 spiro atoms. The highest BCUT2D eigenvalue weighted by Crippen LogP contribution is 2.38. The number of hydrazone groups is 1. The van der Waals surface area contributed by atoms with Crippen molar-refractivity contribution in [2.75, 3.05) is 11.9 Å². The molecule has 194 valence electrons. The molecule has 2 aliphatic rings. The summed E-state index contributed by atoms with van der Waals surface area (Å²) in [5.41, 5.74) is 4.75. The second kappa shape index (κ2) is 11.4. The minimum atomic E-state index is -0.610. The zero-order chi connectivity index (χ0) is 26.6. The van der Waals surface area contributed by atoms with Crippen LogP contribution in [0.1, 0.15) is 42.5 Å². The average molecular weight is 547 g/mol. The van der Waals surface area contributed by atoms with E-state index < -0.39 is 5.25 Å². The van der Waals surface area contributed by atoms with E-state index in [-0.39, 0.29) is 24.3 Å². The number of nitrogens with zero attached hydrogens (tertiary/aromatic N) is 3. The van der Waals surface area contributed by atoms with Gasteiger partial charge < -0.3 is 10.1 Å². The summed E-state index contributed by atoms with van der Waals surface area (Å²) in [6, 6.07) is 22.9. The van der Waals surface area contributed by atoms with Gasteiger partial charge in [-0.2, -0.15) is 10.1 Å². The summed E-state index contributed by atoms with van der Waals surface area (Å²) in [6.07, 6.45) is 0.669. The van der Waals surface area contributed by atoms with E-state index >= 15 is 0 Å². The number of amidine groups is 1. The number of amides is 2. The van der Waals surface area contributed by atoms with Crippen molar-refractivity contribution in [3.63, 3.8) is 0 Å². The molecule has 1 N–H and O–H groups in total. The highest BCUT2D eigenvalue weighted by atomic mass is 35.5. The lowest BCUT2D eigenvalue weighted by Gasteiger charge is -2.23. The normalized spacial score (nSPS) is 18.8. The molecule has 7 nitrogen and oxygen atoms in total. The quantitative estimate of drug-likeness (QED) is 0.380. The Balaban J connectivity index is 1.31. The zero-order valence-electron chi connectivity index (χ0n) is 21.1. The van der Waals surface area contributed by atoms with Crippen LogP contribution in [0.25, 0.3) is 0 Å². The van der Waals surface area contributed by atoms with Crippen LogP contribution in [-0.2, 0) is 9.59 Å². The molecule has 0 saturated carbocycles. The molecule has 0 radical (unpaired) electrons. The van der Waals surface area contributed by atoms with Gasteiger partial charge in [-0.3, -0.25) is 9.59 Å². The van der Waals surface area contributed by atoms with E-state index in [1.807, 2.05) is 43.1 Å². The lowest BCUT2D eigenvalue weighted by atomic mass is 9.98. The van der Waals surface area contributed by atoms with E-state index in [4.69, 9.17) is 21.4 Å². The first-order valence-electron chi connectivity index (χ1n) is 12.4. The lowest BCUT2D eigenvalue weighted by molar-refractivity contribution is -0.121. The number of carbonyl (C=O) groups is 2. The Morgan fingerprint density at radius 1 is 1.08 bits per heavy atom. The first-order chi connectivity index (χ1) is 18.4. The second-order valence-corrected chi connectivity index (χ2v) is 10.7. The molecule has 9 heteroatoms. The van der Waals surface area contributed by atoms with Crippen molar-refractivity contribution < 1.29 is 14.3 Å². The van der Waals surface area contributed by atoms with Crippen molar-refractivity contribution in [1.82, 2.24) is 5.01 Å². The van der Waals surface area contributed by atoms with Crippen LogP contribution < -0.4 is 10.1 Å². The lowest BCUT2D eigenvalue weighted by Crippen LogP contribution is -2.25. The Morgan fingerprint density at radius 3 is 2.47 bits per heavy atom. The summed E-state index contributed by atoms with van der Waals surface area (Å²) in [4.78, 5) is 29.9. The number of hydrogen-bond donors (Lipinski definition) is 1. The van der Waals surface area contributed by atoms with Crippen molar-refractivity contribution >= 4 is 51.7 Å². The maximum Gasteiger partial charge on any atom is 0.262 e. The van der Waals surface area contributed by atoms with Crippen LogP contribution in [0.4, 0.5) is 5.69 Å². The van der Waals surface area contributed by atoms with Crippen molar-refractivity contribution in [2.24, 2.45) is 10.1 Å². The van der Waals surface area contributed by atoms with Crippen LogP contribution in [-0.4, -0.2) is 39.6 Å². The monoisotopic (exact) mass is 546 g/mol. The largest absolute Gasteiger partial charge is 0.494 e. The molecule has 38 heavy (non-hydrogen) atoms. The van der Waals surface area contributed by atoms with Gasteiger partial charge in [-0.1, -0.05) is 65.3 Å². The average Bonchev–Trinajstić information content (AvgIpc) is 3.50. The summed E-state index contributed by atoms with van der Waals surface area (Å²) >= 11 is 7.37. The topological polar surface area (TPSA) is 83.4 Å². The van der Waals surface area contributed by atoms with Gasteiger partial charge in [0.1, 0.15) is 11.0 Å². The number of carbonyl (C=O) groups excluding carboxylic acids is 2. The number of aryl methyl sites for hydroxylation is 1. The summed E-state index contributed by atoms with van der Waals surface area (Å²) < 4.78 is 5.44. The molecule has 0 bridgehead atoms. The van der Waals surface area contributed by atoms with E-state index in [2.05, 4.69) is 34.6 Å². The van der Waals surface area contributed by atoms with E-state index in [0.29, 0.717) is 28.9 Å². The van der Waals surface area contributed by atoms with Crippen molar-refractivity contribution in [3.05, 3.63) is 94.5 Å². The number of thioether (sulfide) groups is 1. The van der Waals surface area contributed by atoms with Gasteiger partial charge in [-0.25, -0.2) is 5.01 Å². The molecule has 5 rings (SSSR count). The molecule has 2 aliphatic heterocycles. The summed E-state index contributed by atoms with van der Waals surface area (Å²) in [5.74, 6) is 0.153. The van der Waals surface area contributed by atoms with Crippen LogP contribution >= 0.6 is 23.4 Å². The molecule has 2 amide bonds. The number of nitrogens with one attached hydrogen (secondary N) is 1. The van der Waals surface area contributed by atoms with E-state index in [1.165, 1.54) is 17.3 Å². The Labute approximate surface area is 230 Å². The van der Waals surface area contributed by atoms with E-state index in [0.717, 1.165) is 22.6 Å². The third-order valence-electron chi connectivity index (χ3n) is 6.29. The summed E-state index contributed by atoms with van der Waals surface area (Å²) in [6.45, 7) is 4.53. The molecule has 0 unspecified atom stereocenters. The number of rotatable bonds is 7. The van der Waals surface area contributed by atoms with Crippen LogP contribution in [0.3, 0.4) is 0 Å². The third-order valence-corrected chi connectivity index (χ3v) is 7.69. The van der Waals surface area contributed by atoms with Crippen LogP contribution in [0, 0.1) is 6.92 Å². The smallest absolute Gasteiger partial charge is 0.262 e. The predicted octanol–water partition coefficient (Wildman–Crippen LogP) is 6.23.